The molecule has 0 N–H and O–H groups in total. The minimum atomic E-state index is -0.792. The molecule has 5 heteroatoms. The van der Waals surface area contributed by atoms with Crippen molar-refractivity contribution in [3.05, 3.63) is 0 Å². The van der Waals surface area contributed by atoms with Crippen LogP contribution < -0.4 is 0 Å². The molecule has 0 amide bonds. The molecule has 1 aliphatic carbocycles. The van der Waals surface area contributed by atoms with Crippen molar-refractivity contribution in [2.75, 3.05) is 14.2 Å². The van der Waals surface area contributed by atoms with Gasteiger partial charge in [0.1, 0.15) is 0 Å². The molecule has 2 fully saturated rings. The number of hydrogen-bond donors (Lipinski definition) is 0. The number of fused-ring (bicyclic) bond motifs is 1. The fraction of sp³-hybridized carbons (Fsp3) is 1.00. The van der Waals surface area contributed by atoms with Crippen molar-refractivity contribution >= 4 is 10.5 Å². The summed E-state index contributed by atoms with van der Waals surface area (Å²) in [5.74, 6) is 0.0266. The van der Waals surface area contributed by atoms with Gasteiger partial charge in [-0.1, -0.05) is 6.42 Å². The Balaban J connectivity index is 1.67. The predicted molar refractivity (Wildman–Crippen MR) is 67.6 cm³/mol. The average Bonchev–Trinajstić information content (AvgIpc) is 3.14. The van der Waals surface area contributed by atoms with E-state index in [0.29, 0.717) is 22.7 Å². The molecule has 0 spiro atoms. The van der Waals surface area contributed by atoms with E-state index in [-0.39, 0.29) is 0 Å². The van der Waals surface area contributed by atoms with Crippen molar-refractivity contribution in [1.82, 2.24) is 0 Å². The van der Waals surface area contributed by atoms with Crippen LogP contribution in [-0.4, -0.2) is 42.9 Å². The highest BCUT2D eigenvalue weighted by Crippen LogP contribution is 2.41. The zero-order chi connectivity index (χ0) is 12.3. The molecular formula is C12H24O4Si. The van der Waals surface area contributed by atoms with Crippen LogP contribution in [0.1, 0.15) is 38.5 Å². The summed E-state index contributed by atoms with van der Waals surface area (Å²) in [5.41, 5.74) is 0. The molecule has 2 rings (SSSR count). The van der Waals surface area contributed by atoms with E-state index >= 15 is 0 Å². The van der Waals surface area contributed by atoms with Crippen LogP contribution in [0.3, 0.4) is 0 Å². The largest absolute Gasteiger partial charge is 0.380 e. The summed E-state index contributed by atoms with van der Waals surface area (Å²) >= 11 is 0. The average molecular weight is 260 g/mol. The van der Waals surface area contributed by atoms with Gasteiger partial charge in [-0.25, -0.2) is 0 Å². The number of ether oxygens (including phenoxy) is 3. The number of hydrogen-bond acceptors (Lipinski definition) is 4. The third-order valence-corrected chi connectivity index (χ3v) is 4.76. The maximum absolute atomic E-state index is 5.55. The van der Waals surface area contributed by atoms with E-state index in [9.17, 15) is 0 Å². The van der Waals surface area contributed by atoms with Gasteiger partial charge in [-0.2, -0.15) is 0 Å². The molecule has 1 saturated carbocycles. The van der Waals surface area contributed by atoms with E-state index in [0.717, 1.165) is 18.8 Å². The lowest BCUT2D eigenvalue weighted by molar-refractivity contribution is -0.325. The second-order valence-corrected chi connectivity index (χ2v) is 5.49. The minimum absolute atomic E-state index is 0.582. The Morgan fingerprint density at radius 3 is 2.59 bits per heavy atom. The van der Waals surface area contributed by atoms with Gasteiger partial charge in [-0.15, -0.1) is 0 Å². The standard InChI is InChI=1S/C12H24O4Si/c1-13-12(14-2,16-17)7-3-4-9-5-6-10-11(8-9)15-10/h9-11H,3-8H2,1-2,17H3. The fourth-order valence-electron chi connectivity index (χ4n) is 2.91. The number of methoxy groups -OCH3 is 2. The number of rotatable bonds is 7. The Morgan fingerprint density at radius 1 is 1.24 bits per heavy atom. The normalized spacial score (nSPS) is 32.5. The summed E-state index contributed by atoms with van der Waals surface area (Å²) < 4.78 is 21.6. The van der Waals surface area contributed by atoms with Crippen molar-refractivity contribution in [1.29, 1.82) is 0 Å². The predicted octanol–water partition coefficient (Wildman–Crippen LogP) is 0.968. The first-order valence-corrected chi connectivity index (χ1v) is 7.35. The first-order chi connectivity index (χ1) is 8.23. The van der Waals surface area contributed by atoms with Crippen LogP contribution in [0.5, 0.6) is 0 Å². The smallest absolute Gasteiger partial charge is 0.272 e. The van der Waals surface area contributed by atoms with E-state index in [1.807, 2.05) is 0 Å². The van der Waals surface area contributed by atoms with E-state index in [1.54, 1.807) is 14.2 Å². The summed E-state index contributed by atoms with van der Waals surface area (Å²) in [4.78, 5) is 0. The SMILES string of the molecule is COC(CCCC1CCC2OC2C1)(OC)O[SiH3]. The van der Waals surface area contributed by atoms with Crippen LogP contribution in [0.15, 0.2) is 0 Å². The maximum Gasteiger partial charge on any atom is 0.272 e. The Bertz CT molecular complexity index is 236. The van der Waals surface area contributed by atoms with E-state index in [4.69, 9.17) is 18.6 Å². The summed E-state index contributed by atoms with van der Waals surface area (Å²) in [5, 5.41) is 0. The Labute approximate surface area is 106 Å². The molecular weight excluding hydrogens is 236 g/mol. The van der Waals surface area contributed by atoms with Crippen LogP contribution in [0.4, 0.5) is 0 Å². The highest BCUT2D eigenvalue weighted by molar-refractivity contribution is 5.98. The van der Waals surface area contributed by atoms with Crippen LogP contribution in [0.25, 0.3) is 0 Å². The summed E-state index contributed by atoms with van der Waals surface area (Å²) in [7, 11) is 3.91. The first kappa shape index (κ1) is 13.5. The lowest BCUT2D eigenvalue weighted by Gasteiger charge is -2.30. The van der Waals surface area contributed by atoms with Crippen LogP contribution in [0, 0.1) is 5.92 Å². The molecule has 0 aromatic heterocycles. The first-order valence-electron chi connectivity index (χ1n) is 6.54. The molecule has 1 heterocycles. The molecule has 0 aromatic carbocycles. The fourth-order valence-corrected chi connectivity index (χ4v) is 3.45. The van der Waals surface area contributed by atoms with E-state index < -0.39 is 5.97 Å². The molecule has 100 valence electrons. The van der Waals surface area contributed by atoms with Crippen molar-refractivity contribution in [3.63, 3.8) is 0 Å². The van der Waals surface area contributed by atoms with Gasteiger partial charge in [0.2, 0.25) is 0 Å². The van der Waals surface area contributed by atoms with Gasteiger partial charge in [0.05, 0.1) is 12.2 Å². The van der Waals surface area contributed by atoms with Crippen molar-refractivity contribution in [3.8, 4) is 0 Å². The van der Waals surface area contributed by atoms with Gasteiger partial charge in [0.15, 0.2) is 10.5 Å². The Morgan fingerprint density at radius 2 is 2.00 bits per heavy atom. The van der Waals surface area contributed by atoms with Gasteiger partial charge < -0.3 is 18.6 Å². The van der Waals surface area contributed by atoms with Crippen molar-refractivity contribution in [2.24, 2.45) is 5.92 Å². The quantitative estimate of drug-likeness (QED) is 0.388. The molecule has 1 saturated heterocycles. The van der Waals surface area contributed by atoms with Gasteiger partial charge in [-0.3, -0.25) is 0 Å². The number of epoxide rings is 1. The molecule has 17 heavy (non-hydrogen) atoms. The maximum atomic E-state index is 5.55. The van der Waals surface area contributed by atoms with E-state index in [2.05, 4.69) is 0 Å². The summed E-state index contributed by atoms with van der Waals surface area (Å²) in [6.07, 6.45) is 8.14. The second-order valence-electron chi connectivity index (χ2n) is 5.08. The Hall–Kier alpha value is 0.0569. The highest BCUT2D eigenvalue weighted by atomic mass is 28.2. The lowest BCUT2D eigenvalue weighted by atomic mass is 9.86. The van der Waals surface area contributed by atoms with Crippen molar-refractivity contribution in [2.45, 2.75) is 56.7 Å². The van der Waals surface area contributed by atoms with Gasteiger partial charge in [0.25, 0.3) is 5.97 Å². The van der Waals surface area contributed by atoms with E-state index in [1.165, 1.54) is 25.7 Å². The zero-order valence-electron chi connectivity index (χ0n) is 11.1. The molecule has 4 nitrogen and oxygen atoms in total. The van der Waals surface area contributed by atoms with Crippen LogP contribution in [0.2, 0.25) is 0 Å². The monoisotopic (exact) mass is 260 g/mol. The highest BCUT2D eigenvalue weighted by Gasteiger charge is 2.43. The van der Waals surface area contributed by atoms with Crippen molar-refractivity contribution < 1.29 is 18.6 Å². The second kappa shape index (κ2) is 5.80. The third kappa shape index (κ3) is 3.29. The third-order valence-electron chi connectivity index (χ3n) is 4.14. The lowest BCUT2D eigenvalue weighted by Crippen LogP contribution is -2.36. The molecule has 3 unspecified atom stereocenters. The minimum Gasteiger partial charge on any atom is -0.380 e. The molecule has 0 bridgehead atoms. The van der Waals surface area contributed by atoms with Crippen LogP contribution >= 0.6 is 0 Å². The molecule has 1 aliphatic heterocycles. The van der Waals surface area contributed by atoms with Gasteiger partial charge >= 0.3 is 0 Å². The molecule has 0 radical (unpaired) electrons. The molecule has 2 aliphatic rings. The van der Waals surface area contributed by atoms with Crippen LogP contribution in [-0.2, 0) is 18.6 Å². The van der Waals surface area contributed by atoms with Gasteiger partial charge in [-0.05, 0) is 31.6 Å². The summed E-state index contributed by atoms with van der Waals surface area (Å²) in [6, 6.07) is 0. The zero-order valence-corrected chi connectivity index (χ0v) is 13.1. The topological polar surface area (TPSA) is 40.2 Å². The van der Waals surface area contributed by atoms with Gasteiger partial charge in [0, 0.05) is 20.6 Å². The Kier molecular flexibility index (Phi) is 4.60. The molecule has 0 aromatic rings. The molecule has 3 atom stereocenters. The summed E-state index contributed by atoms with van der Waals surface area (Å²) in [6.45, 7) is 0.